The fourth-order valence-corrected chi connectivity index (χ4v) is 8.75. The molecule has 2 heterocycles. The first-order chi connectivity index (χ1) is 35.0. The van der Waals surface area contributed by atoms with Crippen LogP contribution in [0.5, 0.6) is 23.0 Å². The lowest BCUT2D eigenvalue weighted by atomic mass is 9.90. The highest BCUT2D eigenvalue weighted by Crippen LogP contribution is 2.38. The quantitative estimate of drug-likeness (QED) is 0.0674. The number of fused-ring (bicyclic) bond motifs is 3. The molecule has 0 aliphatic carbocycles. The van der Waals surface area contributed by atoms with Gasteiger partial charge in [0.25, 0.3) is 0 Å². The number of aryl methyl sites for hydroxylation is 2. The van der Waals surface area contributed by atoms with Crippen molar-refractivity contribution in [3.05, 3.63) is 202 Å². The number of ether oxygens (including phenoxy) is 2. The van der Waals surface area contributed by atoms with Crippen LogP contribution in [-0.4, -0.2) is 71.2 Å². The summed E-state index contributed by atoms with van der Waals surface area (Å²) in [6.07, 6.45) is 6.88. The van der Waals surface area contributed by atoms with E-state index in [2.05, 4.69) is 128 Å². The lowest BCUT2D eigenvalue weighted by molar-refractivity contribution is -0.646. The van der Waals surface area contributed by atoms with E-state index in [0.29, 0.717) is 33.0 Å². The molecule has 0 saturated carbocycles. The topological polar surface area (TPSA) is 186 Å². The Hall–Kier alpha value is -9.36. The summed E-state index contributed by atoms with van der Waals surface area (Å²) in [5.74, 6) is -3.50. The minimum atomic E-state index is -1.34. The molecule has 9 aromatic rings. The normalized spacial score (nSPS) is 11.1. The van der Waals surface area contributed by atoms with Crippen LogP contribution in [0.4, 0.5) is 5.69 Å². The van der Waals surface area contributed by atoms with Gasteiger partial charge in [0.15, 0.2) is 11.5 Å². The van der Waals surface area contributed by atoms with Crippen molar-refractivity contribution in [1.82, 2.24) is 4.57 Å². The second-order valence-corrected chi connectivity index (χ2v) is 17.3. The van der Waals surface area contributed by atoms with Crippen LogP contribution in [0, 0.1) is 13.8 Å². The lowest BCUT2D eigenvalue weighted by Gasteiger charge is -2.21. The smallest absolute Gasteiger partial charge is 0.339 e. The van der Waals surface area contributed by atoms with Crippen LogP contribution in [0.15, 0.2) is 152 Å². The van der Waals surface area contributed by atoms with Crippen molar-refractivity contribution >= 4 is 74.3 Å². The Morgan fingerprint density at radius 2 is 1.27 bits per heavy atom. The molecule has 13 nitrogen and oxygen atoms in total. The number of hydrogen-bond donors (Lipinski definition) is 4. The molecule has 4 N–H and O–H groups in total. The predicted octanol–water partition coefficient (Wildman–Crippen LogP) is 10.9. The summed E-state index contributed by atoms with van der Waals surface area (Å²) in [6.45, 7) is 4.35. The van der Waals surface area contributed by atoms with Gasteiger partial charge in [-0.2, -0.15) is 4.57 Å². The Bertz CT molecular complexity index is 3490. The number of aromatic carboxylic acids is 2. The number of carboxylic acids is 3. The maximum absolute atomic E-state index is 12.9. The molecule has 13 heteroatoms. The average molecular weight is 978 g/mol. The summed E-state index contributed by atoms with van der Waals surface area (Å²) < 4.78 is 14.7. The monoisotopic (exact) mass is 977 g/mol. The van der Waals surface area contributed by atoms with Crippen LogP contribution in [0.25, 0.3) is 56.4 Å². The molecule has 0 atom stereocenters. The summed E-state index contributed by atoms with van der Waals surface area (Å²) in [6, 6.07) is 45.5. The maximum Gasteiger partial charge on any atom is 0.339 e. The number of nitrogens with zero attached hydrogens (tertiary/aromatic N) is 3. The van der Waals surface area contributed by atoms with Crippen LogP contribution in [0.1, 0.15) is 60.1 Å². The van der Waals surface area contributed by atoms with Gasteiger partial charge in [-0.25, -0.2) is 14.4 Å². The number of carboxylic acid groups (broad SMARTS) is 3. The van der Waals surface area contributed by atoms with E-state index < -0.39 is 29.4 Å². The van der Waals surface area contributed by atoms with Gasteiger partial charge in [0.05, 0.1) is 19.8 Å². The van der Waals surface area contributed by atoms with Crippen molar-refractivity contribution in [2.75, 3.05) is 33.2 Å². The first kappa shape index (κ1) is 51.5. The molecule has 2 aromatic heterocycles. The molecule has 9 rings (SSSR count). The zero-order chi connectivity index (χ0) is 52.5. The predicted molar refractivity (Wildman–Crippen MR) is 286 cm³/mol. The number of pyridine rings is 1. The molecule has 73 heavy (non-hydrogen) atoms. The highest BCUT2D eigenvalue weighted by molar-refractivity contribution is 6.02. The van der Waals surface area contributed by atoms with E-state index in [0.717, 1.165) is 11.6 Å². The molecule has 0 unspecified atom stereocenters. The third kappa shape index (κ3) is 11.5. The number of para-hydroxylation sites is 1. The first-order valence-corrected chi connectivity index (χ1v) is 23.1. The van der Waals surface area contributed by atoms with Crippen LogP contribution >= 0.6 is 0 Å². The van der Waals surface area contributed by atoms with Crippen molar-refractivity contribution in [3.63, 3.8) is 0 Å². The molecule has 0 saturated heterocycles. The molecule has 0 fully saturated rings. The van der Waals surface area contributed by atoms with Gasteiger partial charge < -0.3 is 44.5 Å². The molecular weight excluding hydrogens is 923 g/mol. The molecule has 7 aromatic carbocycles. The third-order valence-corrected chi connectivity index (χ3v) is 12.5. The second-order valence-electron chi connectivity index (χ2n) is 17.3. The van der Waals surface area contributed by atoms with Crippen LogP contribution < -0.4 is 24.0 Å². The van der Waals surface area contributed by atoms with E-state index in [1.54, 1.807) is 73.8 Å². The van der Waals surface area contributed by atoms with Gasteiger partial charge in [-0.1, -0.05) is 78.5 Å². The number of hydrogen-bond acceptors (Lipinski definition) is 8. The second kappa shape index (κ2) is 22.6. The standard InChI is InChI=1S/C26H28N3.C23H16O6.C11H12O4/c1-19-17-21(20(2)29(19)24-9-7-6-8-10-24)11-13-23-14-12-22-18-25(27(3)4)15-16-26(22)28(23)5;24-20-16(14-7-3-1-5-12(14)9-18(20)22(26)27)11-17-15-8-4-2-6-13(15)10-19(21(17)25)23(28)29;1-14-9-5-3-8(4-6-11(12)13)7-10(9)15-2/h6-18H,1-5H3;1-10,24-25H,11H2,(H,26,27)(H,28,29);3-7H,1-2H3,(H,12,13)/q+1;;/p-1. The van der Waals surface area contributed by atoms with Gasteiger partial charge in [0, 0.05) is 78.5 Å². The van der Waals surface area contributed by atoms with Gasteiger partial charge in [-0.15, -0.1) is 0 Å². The average Bonchev–Trinajstić information content (AvgIpc) is 3.68. The number of methoxy groups -OCH3 is 2. The molecule has 370 valence electrons. The Balaban J connectivity index is 0.000000169. The molecule has 0 aliphatic rings. The van der Waals surface area contributed by atoms with E-state index in [-0.39, 0.29) is 28.7 Å². The molecule has 0 bridgehead atoms. The van der Waals surface area contributed by atoms with Crippen molar-refractivity contribution < 1.29 is 54.0 Å². The summed E-state index contributed by atoms with van der Waals surface area (Å²) >= 11 is 0. The van der Waals surface area contributed by atoms with Gasteiger partial charge in [0.1, 0.15) is 18.4 Å². The van der Waals surface area contributed by atoms with Gasteiger partial charge in [0.2, 0.25) is 11.2 Å². The Labute approximate surface area is 422 Å². The summed E-state index contributed by atoms with van der Waals surface area (Å²) in [5.41, 5.74) is 9.15. The van der Waals surface area contributed by atoms with Crippen LogP contribution in [0.3, 0.4) is 0 Å². The van der Waals surface area contributed by atoms with Gasteiger partial charge in [-0.05, 0) is 125 Å². The summed E-state index contributed by atoms with van der Waals surface area (Å²) in [4.78, 5) is 35.6. The Morgan fingerprint density at radius 3 is 1.89 bits per heavy atom. The van der Waals surface area contributed by atoms with Crippen molar-refractivity contribution in [1.29, 1.82) is 0 Å². The number of benzene rings is 7. The van der Waals surface area contributed by atoms with Gasteiger partial charge in [-0.3, -0.25) is 0 Å². The van der Waals surface area contributed by atoms with Crippen molar-refractivity contribution in [2.24, 2.45) is 7.05 Å². The van der Waals surface area contributed by atoms with Crippen molar-refractivity contribution in [3.8, 4) is 28.7 Å². The van der Waals surface area contributed by atoms with E-state index >= 15 is 0 Å². The number of aromatic nitrogens is 2. The highest BCUT2D eigenvalue weighted by Gasteiger charge is 2.21. The Morgan fingerprint density at radius 1 is 0.658 bits per heavy atom. The minimum Gasteiger partial charge on any atom is -0.872 e. The fraction of sp³-hybridized carbons (Fsp3) is 0.133. The molecule has 0 amide bonds. The largest absolute Gasteiger partial charge is 0.872 e. The number of phenols is 1. The number of carbonyl (C=O) groups is 3. The maximum atomic E-state index is 12.9. The number of anilines is 1. The molecule has 0 spiro atoms. The van der Waals surface area contributed by atoms with E-state index in [1.165, 1.54) is 70.2 Å². The van der Waals surface area contributed by atoms with E-state index in [9.17, 15) is 34.8 Å². The van der Waals surface area contributed by atoms with Crippen LogP contribution in [-0.2, 0) is 18.3 Å². The number of aromatic hydroxyl groups is 1. The van der Waals surface area contributed by atoms with E-state index in [1.807, 2.05) is 0 Å². The number of rotatable bonds is 12. The highest BCUT2D eigenvalue weighted by atomic mass is 16.5. The minimum absolute atomic E-state index is 0.103. The lowest BCUT2D eigenvalue weighted by Crippen LogP contribution is -2.32. The van der Waals surface area contributed by atoms with E-state index in [4.69, 9.17) is 14.6 Å². The van der Waals surface area contributed by atoms with Gasteiger partial charge >= 0.3 is 17.9 Å². The fourth-order valence-electron chi connectivity index (χ4n) is 8.75. The molecule has 0 radical (unpaired) electrons. The third-order valence-electron chi connectivity index (χ3n) is 12.5. The summed E-state index contributed by atoms with van der Waals surface area (Å²) in [5, 5.41) is 54.5. The van der Waals surface area contributed by atoms with Crippen LogP contribution in [0.2, 0.25) is 0 Å². The SMILES string of the molecule is COc1ccc(C=CC(=O)O)cc1OC.Cc1cc(C=Cc2ccc3cc(N(C)C)ccc3[n+]2C)c(C)n1-c1ccccc1.O=C(O)c1cc2ccccc2c(Cc2c(O)c(C(=O)O)cc3ccccc23)c1[O-]. The van der Waals surface area contributed by atoms with Crippen molar-refractivity contribution in [2.45, 2.75) is 20.3 Å². The summed E-state index contributed by atoms with van der Waals surface area (Å²) in [7, 11) is 9.35. The molecule has 0 aliphatic heterocycles. The molecular formula is C60H55N3O10. The first-order valence-electron chi connectivity index (χ1n) is 23.1. The Kier molecular flexibility index (Phi) is 15.9. The number of aliphatic carboxylic acids is 1. The zero-order valence-corrected chi connectivity index (χ0v) is 41.5. The zero-order valence-electron chi connectivity index (χ0n) is 41.5.